The maximum Gasteiger partial charge on any atom is 0.341 e. The van der Waals surface area contributed by atoms with Crippen LogP contribution in [-0.4, -0.2) is 53.3 Å². The number of aromatic nitrogens is 1. The minimum atomic E-state index is -1.08. The second-order valence-corrected chi connectivity index (χ2v) is 9.57. The Morgan fingerprint density at radius 3 is 2.58 bits per heavy atom. The van der Waals surface area contributed by atoms with E-state index >= 15 is 0 Å². The summed E-state index contributed by atoms with van der Waals surface area (Å²) in [7, 11) is 1.56. The summed E-state index contributed by atoms with van der Waals surface area (Å²) in [6.45, 7) is 6.20. The molecule has 2 aromatic carbocycles. The van der Waals surface area contributed by atoms with Crippen molar-refractivity contribution in [1.29, 1.82) is 0 Å². The smallest absolute Gasteiger partial charge is 0.341 e. The number of nitrogens with zero attached hydrogens (tertiary/aromatic N) is 3. The Morgan fingerprint density at radius 2 is 1.89 bits per heavy atom. The van der Waals surface area contributed by atoms with Gasteiger partial charge in [0.1, 0.15) is 17.5 Å². The Bertz CT molecular complexity index is 1580. The van der Waals surface area contributed by atoms with E-state index in [9.17, 15) is 14.4 Å². The summed E-state index contributed by atoms with van der Waals surface area (Å²) in [6, 6.07) is 13.5. The van der Waals surface area contributed by atoms with Crippen molar-refractivity contribution in [2.45, 2.75) is 26.8 Å². The van der Waals surface area contributed by atoms with Gasteiger partial charge in [0, 0.05) is 18.7 Å². The third kappa shape index (κ3) is 5.26. The number of para-hydroxylation sites is 1. The van der Waals surface area contributed by atoms with Gasteiger partial charge in [-0.15, -0.1) is 0 Å². The highest BCUT2D eigenvalue weighted by Gasteiger charge is 2.35. The molecule has 0 saturated heterocycles. The number of benzene rings is 2. The number of hydrogen-bond acceptors (Lipinski definition) is 7. The third-order valence-corrected chi connectivity index (χ3v) is 7.24. The van der Waals surface area contributed by atoms with Crippen molar-refractivity contribution >= 4 is 29.3 Å². The average molecular weight is 536 g/mol. The summed E-state index contributed by atoms with van der Waals surface area (Å²) in [5, 5.41) is 8.89. The molecule has 10 heteroatoms. The second-order valence-electron chi connectivity index (χ2n) is 8.56. The fourth-order valence-corrected chi connectivity index (χ4v) is 5.50. The van der Waals surface area contributed by atoms with Gasteiger partial charge in [0.05, 0.1) is 22.9 Å². The van der Waals surface area contributed by atoms with Gasteiger partial charge in [-0.05, 0) is 50.6 Å². The van der Waals surface area contributed by atoms with E-state index in [1.807, 2.05) is 38.1 Å². The van der Waals surface area contributed by atoms with Crippen LogP contribution < -0.4 is 24.4 Å². The van der Waals surface area contributed by atoms with Gasteiger partial charge in [0.2, 0.25) is 0 Å². The summed E-state index contributed by atoms with van der Waals surface area (Å²) in [6.07, 6.45) is 1.71. The normalized spacial score (nSPS) is 15.1. The van der Waals surface area contributed by atoms with E-state index < -0.39 is 18.6 Å². The van der Waals surface area contributed by atoms with Crippen LogP contribution in [0.5, 0.6) is 11.5 Å². The fraction of sp³-hybridized carbons (Fsp3) is 0.286. The van der Waals surface area contributed by atoms with Crippen molar-refractivity contribution < 1.29 is 24.2 Å². The molecule has 1 aliphatic heterocycles. The van der Waals surface area contributed by atoms with E-state index in [4.69, 9.17) is 14.6 Å². The lowest BCUT2D eigenvalue weighted by molar-refractivity contribution is -0.139. The Hall–Kier alpha value is -4.18. The lowest BCUT2D eigenvalue weighted by Crippen LogP contribution is -2.43. The molecule has 4 rings (SSSR count). The monoisotopic (exact) mass is 535 g/mol. The SMILES string of the molecule is CCN(CC)C(=O)C1=C(C)N=c2s/c(=C/c3cccc(OCC(=O)O)c3)c(=O)n2[C@@H]1c1ccccc1OC. The molecule has 1 N–H and O–H groups in total. The van der Waals surface area contributed by atoms with Crippen LogP contribution in [0.4, 0.5) is 0 Å². The number of hydrogen-bond donors (Lipinski definition) is 1. The zero-order valence-corrected chi connectivity index (χ0v) is 22.4. The first-order chi connectivity index (χ1) is 18.3. The highest BCUT2D eigenvalue weighted by atomic mass is 32.1. The van der Waals surface area contributed by atoms with Gasteiger partial charge in [0.15, 0.2) is 11.4 Å². The Morgan fingerprint density at radius 1 is 1.16 bits per heavy atom. The molecule has 1 aliphatic rings. The number of amides is 1. The summed E-state index contributed by atoms with van der Waals surface area (Å²) in [4.78, 5) is 45.3. The van der Waals surface area contributed by atoms with Crippen LogP contribution in [0.3, 0.4) is 0 Å². The van der Waals surface area contributed by atoms with Crippen LogP contribution in [-0.2, 0) is 9.59 Å². The molecule has 0 aliphatic carbocycles. The molecule has 1 aromatic heterocycles. The predicted octanol–water partition coefficient (Wildman–Crippen LogP) is 2.58. The number of rotatable bonds is 9. The number of methoxy groups -OCH3 is 1. The van der Waals surface area contributed by atoms with Gasteiger partial charge >= 0.3 is 5.97 Å². The average Bonchev–Trinajstić information content (AvgIpc) is 3.21. The number of fused-ring (bicyclic) bond motifs is 1. The molecule has 1 atom stereocenters. The number of allylic oxidation sites excluding steroid dienone is 1. The first-order valence-corrected chi connectivity index (χ1v) is 13.0. The minimum Gasteiger partial charge on any atom is -0.496 e. The summed E-state index contributed by atoms with van der Waals surface area (Å²) in [5.41, 5.74) is 2.05. The lowest BCUT2D eigenvalue weighted by Gasteiger charge is -2.29. The van der Waals surface area contributed by atoms with Crippen molar-refractivity contribution in [1.82, 2.24) is 9.47 Å². The molecule has 198 valence electrons. The maximum atomic E-state index is 13.9. The van der Waals surface area contributed by atoms with Crippen molar-refractivity contribution in [3.8, 4) is 11.5 Å². The molecule has 38 heavy (non-hydrogen) atoms. The van der Waals surface area contributed by atoms with Gasteiger partial charge in [-0.2, -0.15) is 0 Å². The molecule has 3 aromatic rings. The number of aliphatic carboxylic acids is 1. The van der Waals surface area contributed by atoms with Crippen molar-refractivity contribution in [3.63, 3.8) is 0 Å². The number of ether oxygens (including phenoxy) is 2. The van der Waals surface area contributed by atoms with Gasteiger partial charge in [-0.1, -0.05) is 41.7 Å². The van der Waals surface area contributed by atoms with E-state index in [2.05, 4.69) is 4.99 Å². The summed E-state index contributed by atoms with van der Waals surface area (Å²) in [5.74, 6) is -0.311. The molecule has 2 heterocycles. The Labute approximate surface area is 223 Å². The first-order valence-electron chi connectivity index (χ1n) is 12.2. The second kappa shape index (κ2) is 11.5. The number of carboxylic acids is 1. The maximum absolute atomic E-state index is 13.9. The predicted molar refractivity (Wildman–Crippen MR) is 144 cm³/mol. The third-order valence-electron chi connectivity index (χ3n) is 6.25. The molecule has 1 amide bonds. The van der Waals surface area contributed by atoms with E-state index in [0.717, 1.165) is 0 Å². The van der Waals surface area contributed by atoms with Crippen LogP contribution >= 0.6 is 11.3 Å². The van der Waals surface area contributed by atoms with Gasteiger partial charge in [-0.25, -0.2) is 9.79 Å². The quantitative estimate of drug-likeness (QED) is 0.451. The lowest BCUT2D eigenvalue weighted by atomic mass is 9.94. The number of likely N-dealkylation sites (N-methyl/N-ethyl adjacent to an activating group) is 1. The van der Waals surface area contributed by atoms with Crippen molar-refractivity contribution in [3.05, 3.63) is 90.6 Å². The zero-order valence-electron chi connectivity index (χ0n) is 21.6. The summed E-state index contributed by atoms with van der Waals surface area (Å²) < 4.78 is 12.9. The van der Waals surface area contributed by atoms with Crippen molar-refractivity contribution in [2.24, 2.45) is 4.99 Å². The van der Waals surface area contributed by atoms with Crippen LogP contribution in [0.25, 0.3) is 6.08 Å². The fourth-order valence-electron chi connectivity index (χ4n) is 4.45. The van der Waals surface area contributed by atoms with E-state index in [0.29, 0.717) is 56.3 Å². The molecular formula is C28H29N3O6S. The van der Waals surface area contributed by atoms with Crippen molar-refractivity contribution in [2.75, 3.05) is 26.8 Å². The van der Waals surface area contributed by atoms with Crippen LogP contribution in [0.15, 0.2) is 69.6 Å². The van der Waals surface area contributed by atoms with E-state index in [1.54, 1.807) is 53.8 Å². The van der Waals surface area contributed by atoms with E-state index in [1.165, 1.54) is 11.3 Å². The highest BCUT2D eigenvalue weighted by Crippen LogP contribution is 2.36. The first kappa shape index (κ1) is 26.9. The van der Waals surface area contributed by atoms with Crippen LogP contribution in [0, 0.1) is 0 Å². The number of carbonyl (C=O) groups excluding carboxylic acids is 1. The number of thiazole rings is 1. The molecule has 9 nitrogen and oxygen atoms in total. The molecular weight excluding hydrogens is 506 g/mol. The molecule has 0 unspecified atom stereocenters. The van der Waals surface area contributed by atoms with E-state index in [-0.39, 0.29) is 11.5 Å². The minimum absolute atomic E-state index is 0.176. The molecule has 0 radical (unpaired) electrons. The molecule has 0 bridgehead atoms. The Kier molecular flexibility index (Phi) is 8.11. The standard InChI is InChI=1S/C28H29N3O6S/c1-5-30(6-2)27(35)24-17(3)29-28-31(25(24)20-12-7-8-13-21(20)36-4)26(34)22(38-28)15-18-10-9-11-19(14-18)37-16-23(32)33/h7-15,25H,5-6,16H2,1-4H3,(H,32,33)/b22-15+/t25-/m1/s1. The topological polar surface area (TPSA) is 110 Å². The van der Waals surface area contributed by atoms with Gasteiger partial charge in [0.25, 0.3) is 11.5 Å². The molecule has 0 fully saturated rings. The molecule has 0 saturated carbocycles. The van der Waals surface area contributed by atoms with Crippen LogP contribution in [0.2, 0.25) is 0 Å². The van der Waals surface area contributed by atoms with Gasteiger partial charge < -0.3 is 19.5 Å². The largest absolute Gasteiger partial charge is 0.496 e. The number of carbonyl (C=O) groups is 2. The summed E-state index contributed by atoms with van der Waals surface area (Å²) >= 11 is 1.22. The highest BCUT2D eigenvalue weighted by molar-refractivity contribution is 7.07. The Balaban J connectivity index is 1.91. The van der Waals surface area contributed by atoms with Crippen LogP contribution in [0.1, 0.15) is 37.9 Å². The number of carboxylic acid groups (broad SMARTS) is 1. The van der Waals surface area contributed by atoms with Gasteiger partial charge in [-0.3, -0.25) is 14.2 Å². The molecule has 0 spiro atoms. The zero-order chi connectivity index (χ0) is 27.4.